The second-order valence-corrected chi connectivity index (χ2v) is 17.2. The van der Waals surface area contributed by atoms with E-state index in [1.807, 2.05) is 59.5 Å². The minimum absolute atomic E-state index is 0.149. The van der Waals surface area contributed by atoms with Gasteiger partial charge >= 0.3 is 251 Å². The van der Waals surface area contributed by atoms with E-state index in [1.165, 1.54) is 7.11 Å². The predicted octanol–water partition coefficient (Wildman–Crippen LogP) is 5.59. The topological polar surface area (TPSA) is 75.0 Å². The van der Waals surface area contributed by atoms with Gasteiger partial charge in [0, 0.05) is 0 Å². The van der Waals surface area contributed by atoms with Gasteiger partial charge in [-0.15, -0.1) is 0 Å². The zero-order valence-electron chi connectivity index (χ0n) is 21.7. The quantitative estimate of drug-likeness (QED) is 0.259. The molecule has 40 heavy (non-hydrogen) atoms. The van der Waals surface area contributed by atoms with Gasteiger partial charge < -0.3 is 0 Å². The van der Waals surface area contributed by atoms with E-state index < -0.39 is 31.1 Å². The summed E-state index contributed by atoms with van der Waals surface area (Å²) >= 11 is 7.61. The van der Waals surface area contributed by atoms with E-state index in [4.69, 9.17) is 21.1 Å². The van der Waals surface area contributed by atoms with Crippen LogP contribution in [-0.4, -0.2) is 78.9 Å². The number of nitrogens with zero attached hydrogens (tertiary/aromatic N) is 2. The Morgan fingerprint density at radius 3 is 2.45 bits per heavy atom. The number of fused-ring (bicyclic) bond motifs is 3. The van der Waals surface area contributed by atoms with Gasteiger partial charge in [-0.25, -0.2) is 0 Å². The van der Waals surface area contributed by atoms with Crippen molar-refractivity contribution in [1.82, 2.24) is 9.88 Å². The minimum atomic E-state index is -2.68. The maximum absolute atomic E-state index is 14.0. The number of aromatic nitrogens is 1. The SMILES string of the molecule is COc1nc(Cl)c(-c2ccc(Br)cc2)c2c1C1(O)C(O2)C(c2ccccc2)C(CO)[As]1CN1CCC(F)(F)CC1. The third-order valence-electron chi connectivity index (χ3n) is 8.30. The predicted molar refractivity (Wildman–Crippen MR) is 154 cm³/mol. The molecule has 5 atom stereocenters. The Morgan fingerprint density at radius 1 is 1.15 bits per heavy atom. The monoisotopic (exact) mass is 696 g/mol. The van der Waals surface area contributed by atoms with E-state index in [0.717, 1.165) is 15.6 Å². The number of hydrogen-bond donors (Lipinski definition) is 2. The van der Waals surface area contributed by atoms with Crippen molar-refractivity contribution in [1.29, 1.82) is 0 Å². The van der Waals surface area contributed by atoms with Gasteiger partial charge in [0.05, 0.1) is 0 Å². The second kappa shape index (κ2) is 10.8. The van der Waals surface area contributed by atoms with Gasteiger partial charge in [0.1, 0.15) is 0 Å². The molecule has 3 aliphatic heterocycles. The van der Waals surface area contributed by atoms with Crippen LogP contribution in [0.1, 0.15) is 29.9 Å². The molecule has 5 unspecified atom stereocenters. The zero-order chi connectivity index (χ0) is 28.2. The number of pyridine rings is 1. The number of piperidine rings is 1. The van der Waals surface area contributed by atoms with Crippen molar-refractivity contribution in [2.75, 3.05) is 32.1 Å². The molecule has 0 radical (unpaired) electrons. The first-order valence-corrected chi connectivity index (χ1v) is 17.7. The Bertz CT molecular complexity index is 1390. The van der Waals surface area contributed by atoms with Crippen molar-refractivity contribution in [3.63, 3.8) is 0 Å². The van der Waals surface area contributed by atoms with E-state index >= 15 is 0 Å². The number of halogens is 4. The molecule has 1 aromatic heterocycles. The first kappa shape index (κ1) is 28.4. The van der Waals surface area contributed by atoms with Crippen molar-refractivity contribution in [3.8, 4) is 22.8 Å². The number of likely N-dealkylation sites (tertiary alicyclic amines) is 1. The van der Waals surface area contributed by atoms with Crippen LogP contribution in [0.3, 0.4) is 0 Å². The maximum atomic E-state index is 14.0. The molecule has 2 saturated heterocycles. The van der Waals surface area contributed by atoms with E-state index in [0.29, 0.717) is 22.2 Å². The van der Waals surface area contributed by atoms with Crippen LogP contribution in [0.4, 0.5) is 8.78 Å². The van der Waals surface area contributed by atoms with E-state index in [1.54, 1.807) is 0 Å². The number of aliphatic hydroxyl groups is 2. The van der Waals surface area contributed by atoms with Gasteiger partial charge in [-0.3, -0.25) is 0 Å². The van der Waals surface area contributed by atoms with Crippen molar-refractivity contribution in [3.05, 3.63) is 75.4 Å². The molecule has 4 heterocycles. The molecule has 2 aromatic carbocycles. The summed E-state index contributed by atoms with van der Waals surface area (Å²) in [6, 6.07) is 17.3. The molecule has 3 aliphatic rings. The number of hydrogen-bond acceptors (Lipinski definition) is 6. The Morgan fingerprint density at radius 2 is 1.82 bits per heavy atom. The van der Waals surface area contributed by atoms with Crippen molar-refractivity contribution in [2.24, 2.45) is 0 Å². The molecule has 11 heteroatoms. The first-order chi connectivity index (χ1) is 19.2. The molecule has 0 aliphatic carbocycles. The van der Waals surface area contributed by atoms with Gasteiger partial charge in [0.15, 0.2) is 0 Å². The number of rotatable bonds is 6. The molecular weight excluding hydrogens is 669 g/mol. The molecule has 6 nitrogen and oxygen atoms in total. The summed E-state index contributed by atoms with van der Waals surface area (Å²) in [5.41, 5.74) is 2.73. The van der Waals surface area contributed by atoms with Crippen LogP contribution in [0.5, 0.6) is 11.6 Å². The van der Waals surface area contributed by atoms with Crippen LogP contribution >= 0.6 is 27.5 Å². The number of benzene rings is 2. The molecule has 0 spiro atoms. The van der Waals surface area contributed by atoms with Gasteiger partial charge in [0.2, 0.25) is 0 Å². The fraction of sp³-hybridized carbons (Fsp3) is 0.414. The molecule has 212 valence electrons. The van der Waals surface area contributed by atoms with Crippen LogP contribution in [0, 0.1) is 0 Å². The summed E-state index contributed by atoms with van der Waals surface area (Å²) in [4.78, 5) is 6.58. The Balaban J connectivity index is 1.52. The molecule has 2 fully saturated rings. The van der Waals surface area contributed by atoms with Gasteiger partial charge in [-0.05, 0) is 0 Å². The molecule has 2 N–H and O–H groups in total. The van der Waals surface area contributed by atoms with Crippen LogP contribution < -0.4 is 9.47 Å². The fourth-order valence-electron chi connectivity index (χ4n) is 6.34. The Labute approximate surface area is 249 Å². The molecule has 3 aromatic rings. The Hall–Kier alpha value is -1.74. The Kier molecular flexibility index (Phi) is 7.68. The van der Waals surface area contributed by atoms with E-state index in [9.17, 15) is 19.0 Å². The fourth-order valence-corrected chi connectivity index (χ4v) is 14.4. The summed E-state index contributed by atoms with van der Waals surface area (Å²) in [6.07, 6.45) is -1.16. The van der Waals surface area contributed by atoms with Crippen molar-refractivity contribution < 1.29 is 28.5 Å². The van der Waals surface area contributed by atoms with Gasteiger partial charge in [-0.2, -0.15) is 0 Å². The summed E-state index contributed by atoms with van der Waals surface area (Å²) < 4.78 is 39.6. The number of ether oxygens (including phenoxy) is 2. The number of aliphatic hydroxyl groups excluding tert-OH is 1. The van der Waals surface area contributed by atoms with Gasteiger partial charge in [0.25, 0.3) is 0 Å². The summed E-state index contributed by atoms with van der Waals surface area (Å²) in [7, 11) is 1.48. The van der Waals surface area contributed by atoms with Crippen LogP contribution in [-0.2, 0) is 4.39 Å². The zero-order valence-corrected chi connectivity index (χ0v) is 26.0. The summed E-state index contributed by atoms with van der Waals surface area (Å²) in [5, 5.41) is 24.3. The van der Waals surface area contributed by atoms with Crippen LogP contribution in [0.2, 0.25) is 9.86 Å². The van der Waals surface area contributed by atoms with Crippen molar-refractivity contribution >= 4 is 42.2 Å². The normalized spacial score (nSPS) is 29.1. The average Bonchev–Trinajstić information content (AvgIpc) is 3.37. The van der Waals surface area contributed by atoms with Crippen molar-refractivity contribution in [2.45, 2.75) is 39.9 Å². The van der Waals surface area contributed by atoms with E-state index in [2.05, 4.69) is 20.9 Å². The molecule has 0 bridgehead atoms. The summed E-state index contributed by atoms with van der Waals surface area (Å²) in [5.74, 6) is -2.39. The molecular formula is C29H29AsBrClF2N2O4. The number of alkyl halides is 2. The third-order valence-corrected chi connectivity index (χ3v) is 16.1. The molecule has 0 amide bonds. The van der Waals surface area contributed by atoms with Crippen LogP contribution in [0.15, 0.2) is 59.1 Å². The standard InChI is InChI=1S/C29H29AsBrClF2N2O4/c1-39-27-23-24(22(26(32)35-27)18-7-9-19(31)10-8-18)40-25-21(17-5-3-2-4-6-17)20(15-37)30(29(23,25)38)16-36-13-11-28(33,34)12-14-36/h2-10,20-21,25,37-38H,11-16H2,1H3. The summed E-state index contributed by atoms with van der Waals surface area (Å²) in [6.45, 7) is 0.325. The van der Waals surface area contributed by atoms with Gasteiger partial charge in [-0.1, -0.05) is 0 Å². The molecule has 0 saturated carbocycles. The molecule has 6 rings (SSSR count). The first-order valence-electron chi connectivity index (χ1n) is 13.1. The average molecular weight is 698 g/mol. The third kappa shape index (κ3) is 4.67. The number of methoxy groups -OCH3 is 1. The van der Waals surface area contributed by atoms with Crippen LogP contribution in [0.25, 0.3) is 11.1 Å². The second-order valence-electron chi connectivity index (χ2n) is 10.5. The van der Waals surface area contributed by atoms with E-state index in [-0.39, 0.29) is 54.2 Å².